The number of carbonyl (C=O) groups excluding carboxylic acids is 1. The van der Waals surface area contributed by atoms with Crippen LogP contribution in [0.4, 0.5) is 9.18 Å². The number of carbonyl (C=O) groups is 1. The molecule has 0 aliphatic heterocycles. The third kappa shape index (κ3) is 5.11. The van der Waals surface area contributed by atoms with Crippen molar-refractivity contribution in [3.8, 4) is 11.5 Å². The Kier molecular flexibility index (Phi) is 6.62. The molecule has 0 saturated carbocycles. The maximum Gasteiger partial charge on any atom is 0.315 e. The number of benzene rings is 2. The van der Waals surface area contributed by atoms with Gasteiger partial charge in [0, 0.05) is 6.54 Å². The van der Waals surface area contributed by atoms with Gasteiger partial charge in [0.25, 0.3) is 0 Å². The standard InChI is InChI=1S/C19H23FN2O3/c1-13(15-8-9-17(24-2)18(12-15)25-3)22-19(23)21-11-10-14-6-4-5-7-16(14)20/h4-9,12-13H,10-11H2,1-3H3,(H2,21,22,23). The number of ether oxygens (including phenoxy) is 2. The van der Waals surface area contributed by atoms with Gasteiger partial charge in [-0.2, -0.15) is 0 Å². The van der Waals surface area contributed by atoms with Crippen LogP contribution in [0.15, 0.2) is 42.5 Å². The van der Waals surface area contributed by atoms with E-state index in [0.717, 1.165) is 5.56 Å². The summed E-state index contributed by atoms with van der Waals surface area (Å²) in [6, 6.07) is 11.5. The van der Waals surface area contributed by atoms with Gasteiger partial charge in [0.1, 0.15) is 5.82 Å². The lowest BCUT2D eigenvalue weighted by molar-refractivity contribution is 0.238. The van der Waals surface area contributed by atoms with E-state index in [2.05, 4.69) is 10.6 Å². The average Bonchev–Trinajstić information content (AvgIpc) is 2.62. The number of urea groups is 1. The van der Waals surface area contributed by atoms with Gasteiger partial charge in [0.15, 0.2) is 11.5 Å². The minimum Gasteiger partial charge on any atom is -0.493 e. The highest BCUT2D eigenvalue weighted by Gasteiger charge is 2.12. The molecule has 134 valence electrons. The molecule has 2 amide bonds. The molecule has 0 fully saturated rings. The fourth-order valence-electron chi connectivity index (χ4n) is 2.46. The molecule has 0 spiro atoms. The van der Waals surface area contributed by atoms with Crippen LogP contribution < -0.4 is 20.1 Å². The number of hydrogen-bond donors (Lipinski definition) is 2. The molecule has 2 aromatic carbocycles. The third-order valence-corrected chi connectivity index (χ3v) is 3.89. The molecular formula is C19H23FN2O3. The Labute approximate surface area is 147 Å². The van der Waals surface area contributed by atoms with Crippen molar-refractivity contribution < 1.29 is 18.7 Å². The quantitative estimate of drug-likeness (QED) is 0.807. The van der Waals surface area contributed by atoms with Crippen molar-refractivity contribution >= 4 is 6.03 Å². The highest BCUT2D eigenvalue weighted by molar-refractivity contribution is 5.74. The van der Waals surface area contributed by atoms with E-state index >= 15 is 0 Å². The van der Waals surface area contributed by atoms with E-state index in [1.54, 1.807) is 38.5 Å². The smallest absolute Gasteiger partial charge is 0.315 e. The van der Waals surface area contributed by atoms with Gasteiger partial charge in [0.05, 0.1) is 20.3 Å². The van der Waals surface area contributed by atoms with Gasteiger partial charge < -0.3 is 20.1 Å². The Hall–Kier alpha value is -2.76. The molecule has 1 unspecified atom stereocenters. The van der Waals surface area contributed by atoms with E-state index in [0.29, 0.717) is 30.0 Å². The minimum atomic E-state index is -0.307. The van der Waals surface area contributed by atoms with Gasteiger partial charge in [0.2, 0.25) is 0 Å². The summed E-state index contributed by atoms with van der Waals surface area (Å²) < 4.78 is 24.0. The van der Waals surface area contributed by atoms with E-state index in [-0.39, 0.29) is 17.9 Å². The van der Waals surface area contributed by atoms with Crippen molar-refractivity contribution in [3.05, 3.63) is 59.4 Å². The van der Waals surface area contributed by atoms with Crippen LogP contribution in [-0.4, -0.2) is 26.8 Å². The fraction of sp³-hybridized carbons (Fsp3) is 0.316. The monoisotopic (exact) mass is 346 g/mol. The fourth-order valence-corrected chi connectivity index (χ4v) is 2.46. The summed E-state index contributed by atoms with van der Waals surface area (Å²) >= 11 is 0. The van der Waals surface area contributed by atoms with Crippen molar-refractivity contribution in [2.75, 3.05) is 20.8 Å². The molecule has 0 bridgehead atoms. The SMILES string of the molecule is COc1ccc(C(C)NC(=O)NCCc2ccccc2F)cc1OC. The lowest BCUT2D eigenvalue weighted by Gasteiger charge is -2.17. The molecule has 0 aromatic heterocycles. The molecule has 6 heteroatoms. The van der Waals surface area contributed by atoms with Crippen molar-refractivity contribution in [2.24, 2.45) is 0 Å². The zero-order valence-corrected chi connectivity index (χ0v) is 14.6. The average molecular weight is 346 g/mol. The zero-order chi connectivity index (χ0) is 18.2. The molecule has 0 aliphatic rings. The largest absolute Gasteiger partial charge is 0.493 e. The Morgan fingerprint density at radius 1 is 1.12 bits per heavy atom. The van der Waals surface area contributed by atoms with Gasteiger partial charge in [-0.05, 0) is 42.7 Å². The van der Waals surface area contributed by atoms with Crippen LogP contribution in [0.5, 0.6) is 11.5 Å². The first kappa shape index (κ1) is 18.6. The third-order valence-electron chi connectivity index (χ3n) is 3.89. The number of nitrogens with one attached hydrogen (secondary N) is 2. The number of rotatable bonds is 7. The second-order valence-corrected chi connectivity index (χ2v) is 5.58. The van der Waals surface area contributed by atoms with E-state index in [1.807, 2.05) is 19.1 Å². The summed E-state index contributed by atoms with van der Waals surface area (Å²) in [5.41, 5.74) is 1.47. The first-order chi connectivity index (χ1) is 12.0. The molecule has 5 nitrogen and oxygen atoms in total. The highest BCUT2D eigenvalue weighted by Crippen LogP contribution is 2.29. The zero-order valence-electron chi connectivity index (χ0n) is 14.6. The summed E-state index contributed by atoms with van der Waals surface area (Å²) in [6.45, 7) is 2.23. The highest BCUT2D eigenvalue weighted by atomic mass is 19.1. The maximum absolute atomic E-state index is 13.5. The van der Waals surface area contributed by atoms with Crippen LogP contribution >= 0.6 is 0 Å². The van der Waals surface area contributed by atoms with Crippen molar-refractivity contribution in [1.29, 1.82) is 0 Å². The summed E-state index contributed by atoms with van der Waals surface area (Å²) in [7, 11) is 3.14. The Morgan fingerprint density at radius 2 is 1.84 bits per heavy atom. The summed E-state index contributed by atoms with van der Waals surface area (Å²) in [5, 5.41) is 5.58. The second-order valence-electron chi connectivity index (χ2n) is 5.58. The van der Waals surface area contributed by atoms with Crippen LogP contribution in [0.25, 0.3) is 0 Å². The molecule has 2 rings (SSSR count). The van der Waals surface area contributed by atoms with Crippen LogP contribution in [0.2, 0.25) is 0 Å². The maximum atomic E-state index is 13.5. The Morgan fingerprint density at radius 3 is 2.52 bits per heavy atom. The molecule has 25 heavy (non-hydrogen) atoms. The van der Waals surface area contributed by atoms with Gasteiger partial charge >= 0.3 is 6.03 Å². The number of amides is 2. The summed E-state index contributed by atoms with van der Waals surface area (Å²) in [5.74, 6) is 0.977. The second kappa shape index (κ2) is 8.92. The topological polar surface area (TPSA) is 59.6 Å². The van der Waals surface area contributed by atoms with Crippen molar-refractivity contribution in [1.82, 2.24) is 10.6 Å². The van der Waals surface area contributed by atoms with E-state index < -0.39 is 0 Å². The molecule has 1 atom stereocenters. The Bertz CT molecular complexity index is 722. The molecule has 0 heterocycles. The van der Waals surface area contributed by atoms with Gasteiger partial charge in [-0.3, -0.25) is 0 Å². The first-order valence-electron chi connectivity index (χ1n) is 8.05. The molecule has 0 saturated heterocycles. The predicted molar refractivity (Wildman–Crippen MR) is 94.6 cm³/mol. The predicted octanol–water partition coefficient (Wildman–Crippen LogP) is 3.45. The normalized spacial score (nSPS) is 11.5. The van der Waals surface area contributed by atoms with Crippen LogP contribution in [-0.2, 0) is 6.42 Å². The van der Waals surface area contributed by atoms with Gasteiger partial charge in [-0.25, -0.2) is 9.18 Å². The summed E-state index contributed by atoms with van der Waals surface area (Å²) in [4.78, 5) is 12.0. The number of methoxy groups -OCH3 is 2. The number of halogens is 1. The molecule has 2 aromatic rings. The lowest BCUT2D eigenvalue weighted by Crippen LogP contribution is -2.38. The van der Waals surface area contributed by atoms with Gasteiger partial charge in [-0.15, -0.1) is 0 Å². The van der Waals surface area contributed by atoms with Crippen LogP contribution in [0.3, 0.4) is 0 Å². The lowest BCUT2D eigenvalue weighted by atomic mass is 10.1. The van der Waals surface area contributed by atoms with Crippen molar-refractivity contribution in [3.63, 3.8) is 0 Å². The minimum absolute atomic E-state index is 0.215. The van der Waals surface area contributed by atoms with E-state index in [1.165, 1.54) is 6.07 Å². The first-order valence-corrected chi connectivity index (χ1v) is 8.05. The Balaban J connectivity index is 1.86. The van der Waals surface area contributed by atoms with Gasteiger partial charge in [-0.1, -0.05) is 24.3 Å². The van der Waals surface area contributed by atoms with E-state index in [4.69, 9.17) is 9.47 Å². The van der Waals surface area contributed by atoms with Crippen molar-refractivity contribution in [2.45, 2.75) is 19.4 Å². The number of hydrogen-bond acceptors (Lipinski definition) is 3. The van der Waals surface area contributed by atoms with E-state index in [9.17, 15) is 9.18 Å². The van der Waals surface area contributed by atoms with Crippen LogP contribution in [0, 0.1) is 5.82 Å². The molecule has 0 aliphatic carbocycles. The molecule has 2 N–H and O–H groups in total. The molecule has 0 radical (unpaired) electrons. The summed E-state index contributed by atoms with van der Waals surface area (Å²) in [6.07, 6.45) is 0.435. The molecular weight excluding hydrogens is 323 g/mol. The van der Waals surface area contributed by atoms with Crippen LogP contribution in [0.1, 0.15) is 24.1 Å².